The minimum Gasteiger partial charge on any atom is -0.393 e. The summed E-state index contributed by atoms with van der Waals surface area (Å²) >= 11 is 0. The number of aliphatic hydroxyl groups is 2. The van der Waals surface area contributed by atoms with Gasteiger partial charge < -0.3 is 19.3 Å². The fourth-order valence-electron chi connectivity index (χ4n) is 4.42. The summed E-state index contributed by atoms with van der Waals surface area (Å²) in [6, 6.07) is 0. The Morgan fingerprint density at radius 1 is 0.741 bits per heavy atom. The molecule has 27 heavy (non-hydrogen) atoms. The van der Waals surface area contributed by atoms with Crippen molar-refractivity contribution in [3.63, 3.8) is 0 Å². The molecule has 0 spiro atoms. The van der Waals surface area contributed by atoms with Crippen LogP contribution in [0.25, 0.3) is 0 Å². The van der Waals surface area contributed by atoms with Gasteiger partial charge in [-0.2, -0.15) is 0 Å². The first-order valence-corrected chi connectivity index (χ1v) is 9.52. The predicted molar refractivity (Wildman–Crippen MR) is 108 cm³/mol. The summed E-state index contributed by atoms with van der Waals surface area (Å²) in [7, 11) is 0. The van der Waals surface area contributed by atoms with E-state index in [1.54, 1.807) is 6.92 Å². The van der Waals surface area contributed by atoms with Crippen LogP contribution >= 0.6 is 0 Å². The van der Waals surface area contributed by atoms with E-state index in [1.165, 1.54) is 45.0 Å². The summed E-state index contributed by atoms with van der Waals surface area (Å²) in [6.07, 6.45) is -0.580. The van der Waals surface area contributed by atoms with Gasteiger partial charge in [0, 0.05) is 55.4 Å². The molecule has 2 aromatic rings. The molecule has 2 N–H and O–H groups in total. The van der Waals surface area contributed by atoms with Crippen molar-refractivity contribution < 1.29 is 36.4 Å². The Kier molecular flexibility index (Phi) is 7.58. The monoisotopic (exact) mass is 450 g/mol. The summed E-state index contributed by atoms with van der Waals surface area (Å²) in [6.45, 7) is 20.6. The van der Waals surface area contributed by atoms with E-state index < -0.39 is 11.7 Å². The molecule has 2 atom stereocenters. The van der Waals surface area contributed by atoms with E-state index >= 15 is 0 Å². The average Bonchev–Trinajstić information content (AvgIpc) is 2.83. The molecule has 0 radical (unpaired) electrons. The van der Waals surface area contributed by atoms with E-state index in [9.17, 15) is 10.2 Å². The van der Waals surface area contributed by atoms with E-state index in [4.69, 9.17) is 0 Å². The molecule has 2 aromatic heterocycles. The van der Waals surface area contributed by atoms with E-state index in [0.717, 1.165) is 0 Å². The van der Waals surface area contributed by atoms with Gasteiger partial charge in [0.05, 0.1) is 6.10 Å². The van der Waals surface area contributed by atoms with Crippen molar-refractivity contribution in [2.24, 2.45) is 0 Å². The maximum Gasteiger partial charge on any atom is 0.138 e. The molecule has 4 nitrogen and oxygen atoms in total. The second-order valence-electron chi connectivity index (χ2n) is 8.37. The van der Waals surface area contributed by atoms with Crippen molar-refractivity contribution in [3.8, 4) is 0 Å². The molecule has 0 aliphatic carbocycles. The molecule has 0 amide bonds. The summed E-state index contributed by atoms with van der Waals surface area (Å²) in [5, 5.41) is 21.6. The summed E-state index contributed by atoms with van der Waals surface area (Å²) in [5.41, 5.74) is 8.60. The number of hydrogen-bond acceptors (Lipinski definition) is 2. The van der Waals surface area contributed by atoms with Crippen LogP contribution in [-0.2, 0) is 26.2 Å². The summed E-state index contributed by atoms with van der Waals surface area (Å²) in [5.74, 6) is 0. The van der Waals surface area contributed by atoms with E-state index in [0.29, 0.717) is 6.42 Å². The van der Waals surface area contributed by atoms with Gasteiger partial charge in [-0.1, -0.05) is 0 Å². The Morgan fingerprint density at radius 2 is 1.00 bits per heavy atom. The number of nitrogens with zero attached hydrogens (tertiary/aromatic N) is 2. The molecular weight excluding hydrogens is 415 g/mol. The van der Waals surface area contributed by atoms with Crippen LogP contribution in [0.3, 0.4) is 0 Å². The molecule has 5 heteroatoms. The fraction of sp³-hybridized carbons (Fsp3) is 0.636. The summed E-state index contributed by atoms with van der Waals surface area (Å²) < 4.78 is 4.51. The van der Waals surface area contributed by atoms with Crippen molar-refractivity contribution in [3.05, 3.63) is 45.0 Å². The number of hydrogen-bond donors (Lipinski definition) is 2. The average molecular weight is 452 g/mol. The van der Waals surface area contributed by atoms with Crippen LogP contribution in [0.2, 0.25) is 0 Å². The fourth-order valence-corrected chi connectivity index (χ4v) is 4.42. The number of rotatable bonds is 5. The molecule has 0 fully saturated rings. The maximum absolute atomic E-state index is 11.5. The van der Waals surface area contributed by atoms with Gasteiger partial charge in [-0.25, -0.2) is 0 Å². The Morgan fingerprint density at radius 3 is 1.22 bits per heavy atom. The van der Waals surface area contributed by atoms with Crippen LogP contribution < -0.4 is 0 Å². The van der Waals surface area contributed by atoms with E-state index in [2.05, 4.69) is 64.5 Å². The Balaban J connectivity index is 0.00000364. The Hall–Kier alpha value is -0.637. The van der Waals surface area contributed by atoms with Crippen molar-refractivity contribution in [2.75, 3.05) is 0 Å². The third-order valence-electron chi connectivity index (χ3n) is 6.50. The standard InChI is InChI=1S/C22H36N2O2.Zr/c1-12(25)11-22(10,26)21(23-17(6)13(2)14(3)18(23)7)24-19(8)15(4)16(5)20(24)9;/h12,21,25-26H,11H2,1-10H3;. The first-order valence-electron chi connectivity index (χ1n) is 9.52. The van der Waals surface area contributed by atoms with Gasteiger partial charge >= 0.3 is 0 Å². The third-order valence-corrected chi connectivity index (χ3v) is 6.50. The van der Waals surface area contributed by atoms with Crippen LogP contribution in [-0.4, -0.2) is 31.1 Å². The molecule has 0 saturated heterocycles. The zero-order valence-electron chi connectivity index (χ0n) is 18.7. The van der Waals surface area contributed by atoms with Gasteiger partial charge in [0.1, 0.15) is 11.8 Å². The molecule has 0 saturated carbocycles. The SMILES string of the molecule is Cc1c(C)c(C)n(C(n2c(C)c(C)c(C)c2C)C(C)(O)CC(C)O)c1C.[Zr]. The molecule has 0 aromatic carbocycles. The molecular formula is C22H36N2O2Zr. The van der Waals surface area contributed by atoms with Crippen LogP contribution in [0.15, 0.2) is 0 Å². The van der Waals surface area contributed by atoms with Crippen molar-refractivity contribution in [1.29, 1.82) is 0 Å². The Bertz CT molecular complexity index is 719. The molecule has 0 aliphatic rings. The summed E-state index contributed by atoms with van der Waals surface area (Å²) in [4.78, 5) is 0. The molecule has 2 heterocycles. The third kappa shape index (κ3) is 4.06. The van der Waals surface area contributed by atoms with E-state index in [-0.39, 0.29) is 32.4 Å². The van der Waals surface area contributed by atoms with Gasteiger partial charge in [-0.3, -0.25) is 0 Å². The number of aromatic nitrogens is 2. The second-order valence-corrected chi connectivity index (χ2v) is 8.37. The van der Waals surface area contributed by atoms with Gasteiger partial charge in [0.2, 0.25) is 0 Å². The largest absolute Gasteiger partial charge is 0.393 e. The van der Waals surface area contributed by atoms with Gasteiger partial charge in [-0.15, -0.1) is 0 Å². The van der Waals surface area contributed by atoms with Gasteiger partial charge in [-0.05, 0) is 91.5 Å². The molecule has 2 unspecified atom stereocenters. The predicted octanol–water partition coefficient (Wildman–Crippen LogP) is 4.32. The zero-order valence-corrected chi connectivity index (χ0v) is 21.1. The molecule has 0 aliphatic heterocycles. The Labute approximate surface area is 183 Å². The van der Waals surface area contributed by atoms with Gasteiger partial charge in [0.25, 0.3) is 0 Å². The van der Waals surface area contributed by atoms with Crippen molar-refractivity contribution >= 4 is 0 Å². The van der Waals surface area contributed by atoms with Crippen molar-refractivity contribution in [1.82, 2.24) is 9.13 Å². The minimum absolute atomic E-state index is 0. The van der Waals surface area contributed by atoms with Crippen LogP contribution in [0.5, 0.6) is 0 Å². The maximum atomic E-state index is 11.5. The first kappa shape index (κ1) is 24.4. The minimum atomic E-state index is -1.10. The zero-order chi connectivity index (χ0) is 20.1. The first-order chi connectivity index (χ1) is 11.8. The second kappa shape index (κ2) is 8.39. The number of aliphatic hydroxyl groups excluding tert-OH is 1. The normalized spacial score (nSPS) is 15.0. The van der Waals surface area contributed by atoms with E-state index in [1.807, 2.05) is 6.92 Å². The smallest absolute Gasteiger partial charge is 0.138 e. The topological polar surface area (TPSA) is 50.3 Å². The molecule has 2 rings (SSSR count). The van der Waals surface area contributed by atoms with Crippen LogP contribution in [0.1, 0.15) is 71.5 Å². The van der Waals surface area contributed by atoms with Crippen LogP contribution in [0, 0.1) is 55.4 Å². The molecule has 0 bridgehead atoms. The van der Waals surface area contributed by atoms with Crippen molar-refractivity contribution in [2.45, 2.75) is 93.5 Å². The molecule has 150 valence electrons. The quantitative estimate of drug-likeness (QED) is 0.711. The van der Waals surface area contributed by atoms with Crippen LogP contribution in [0.4, 0.5) is 0 Å². The van der Waals surface area contributed by atoms with Gasteiger partial charge in [0.15, 0.2) is 0 Å².